The number of nitrogens with one attached hydrogen (secondary N) is 1. The summed E-state index contributed by atoms with van der Waals surface area (Å²) in [6, 6.07) is 1.96. The van der Waals surface area contributed by atoms with Gasteiger partial charge in [0.15, 0.2) is 5.65 Å². The van der Waals surface area contributed by atoms with Crippen LogP contribution in [0.4, 0.5) is 0 Å². The smallest absolute Gasteiger partial charge is 0.275 e. The summed E-state index contributed by atoms with van der Waals surface area (Å²) in [5.74, 6) is 0.441. The van der Waals surface area contributed by atoms with Crippen molar-refractivity contribution < 1.29 is 4.79 Å². The molecule has 0 aromatic carbocycles. The first kappa shape index (κ1) is 17.4. The molecule has 1 aliphatic heterocycles. The summed E-state index contributed by atoms with van der Waals surface area (Å²) in [4.78, 5) is 35.1. The molecule has 1 aliphatic rings. The third kappa shape index (κ3) is 3.36. The molecular weight excluding hydrogens is 346 g/mol. The molecule has 1 saturated heterocycles. The number of fused-ring (bicyclic) bond motifs is 1. The van der Waals surface area contributed by atoms with E-state index in [4.69, 9.17) is 0 Å². The fraction of sp³-hybridized carbons (Fsp3) is 0.500. The molecule has 1 amide bonds. The lowest BCUT2D eigenvalue weighted by molar-refractivity contribution is -0.132. The van der Waals surface area contributed by atoms with Crippen LogP contribution >= 0.6 is 0 Å². The van der Waals surface area contributed by atoms with E-state index in [0.717, 1.165) is 37.3 Å². The number of aromatic amines is 1. The highest BCUT2D eigenvalue weighted by atomic mass is 16.2. The second-order valence-corrected chi connectivity index (χ2v) is 7.10. The Morgan fingerprint density at radius 3 is 2.78 bits per heavy atom. The SMILES string of the molecule is Cc1nc2cc(C3CCN(C(=O)CCn4cncn4)CC3)[nH]n2c(=O)c1C. The van der Waals surface area contributed by atoms with Gasteiger partial charge in [0.2, 0.25) is 5.91 Å². The van der Waals surface area contributed by atoms with Gasteiger partial charge in [-0.15, -0.1) is 0 Å². The molecule has 9 heteroatoms. The van der Waals surface area contributed by atoms with Gasteiger partial charge in [-0.3, -0.25) is 19.4 Å². The molecule has 0 aliphatic carbocycles. The van der Waals surface area contributed by atoms with E-state index in [-0.39, 0.29) is 11.5 Å². The summed E-state index contributed by atoms with van der Waals surface area (Å²) >= 11 is 0. The van der Waals surface area contributed by atoms with E-state index in [0.29, 0.717) is 30.1 Å². The Labute approximate surface area is 156 Å². The van der Waals surface area contributed by atoms with Crippen LogP contribution in [-0.2, 0) is 11.3 Å². The van der Waals surface area contributed by atoms with Crippen LogP contribution in [0.2, 0.25) is 0 Å². The number of hydrogen-bond acceptors (Lipinski definition) is 5. The minimum atomic E-state index is -0.0514. The predicted octanol–water partition coefficient (Wildman–Crippen LogP) is 1.03. The number of likely N-dealkylation sites (tertiary alicyclic amines) is 1. The molecule has 0 atom stereocenters. The van der Waals surface area contributed by atoms with E-state index in [1.54, 1.807) is 17.9 Å². The molecule has 0 radical (unpaired) electrons. The number of piperidine rings is 1. The normalized spacial score (nSPS) is 15.6. The molecule has 1 fully saturated rings. The van der Waals surface area contributed by atoms with Gasteiger partial charge in [0.25, 0.3) is 5.56 Å². The minimum Gasteiger partial charge on any atom is -0.343 e. The number of amides is 1. The van der Waals surface area contributed by atoms with Gasteiger partial charge in [0.1, 0.15) is 12.7 Å². The number of aromatic nitrogens is 6. The zero-order valence-corrected chi connectivity index (χ0v) is 15.6. The van der Waals surface area contributed by atoms with Gasteiger partial charge in [-0.1, -0.05) is 0 Å². The quantitative estimate of drug-likeness (QED) is 0.740. The zero-order chi connectivity index (χ0) is 19.0. The number of H-pyrrole nitrogens is 1. The Morgan fingerprint density at radius 1 is 1.30 bits per heavy atom. The summed E-state index contributed by atoms with van der Waals surface area (Å²) in [5.41, 5.74) is 3.04. The van der Waals surface area contributed by atoms with Gasteiger partial charge in [0, 0.05) is 48.4 Å². The summed E-state index contributed by atoms with van der Waals surface area (Å²) in [6.45, 7) is 5.63. The van der Waals surface area contributed by atoms with Crippen molar-refractivity contribution >= 4 is 11.6 Å². The molecule has 142 valence electrons. The van der Waals surface area contributed by atoms with Crippen LogP contribution in [-0.4, -0.2) is 53.3 Å². The van der Waals surface area contributed by atoms with Crippen LogP contribution in [0.25, 0.3) is 5.65 Å². The van der Waals surface area contributed by atoms with Crippen LogP contribution in [0.1, 0.15) is 42.1 Å². The van der Waals surface area contributed by atoms with Crippen molar-refractivity contribution in [3.05, 3.63) is 46.0 Å². The lowest BCUT2D eigenvalue weighted by Gasteiger charge is -2.31. The third-order valence-corrected chi connectivity index (χ3v) is 5.41. The highest BCUT2D eigenvalue weighted by molar-refractivity contribution is 5.76. The molecular formula is C18H23N7O2. The van der Waals surface area contributed by atoms with E-state index in [2.05, 4.69) is 20.2 Å². The molecule has 0 bridgehead atoms. The Kier molecular flexibility index (Phi) is 4.51. The molecule has 0 spiro atoms. The lowest BCUT2D eigenvalue weighted by atomic mass is 9.93. The number of hydrogen-bond donors (Lipinski definition) is 1. The summed E-state index contributed by atoms with van der Waals surface area (Å²) in [6.07, 6.45) is 5.26. The summed E-state index contributed by atoms with van der Waals surface area (Å²) in [7, 11) is 0. The fourth-order valence-electron chi connectivity index (χ4n) is 3.60. The van der Waals surface area contributed by atoms with Gasteiger partial charge in [-0.2, -0.15) is 5.10 Å². The largest absolute Gasteiger partial charge is 0.343 e. The highest BCUT2D eigenvalue weighted by Gasteiger charge is 2.25. The van der Waals surface area contributed by atoms with E-state index < -0.39 is 0 Å². The molecule has 1 N–H and O–H groups in total. The Morgan fingerprint density at radius 2 is 2.07 bits per heavy atom. The van der Waals surface area contributed by atoms with Crippen molar-refractivity contribution in [2.45, 2.75) is 45.6 Å². The highest BCUT2D eigenvalue weighted by Crippen LogP contribution is 2.27. The molecule has 9 nitrogen and oxygen atoms in total. The minimum absolute atomic E-state index is 0.0514. The standard InChI is InChI=1S/C18H23N7O2/c1-12-13(2)21-16-9-15(22-25(16)18(12)27)14-3-6-23(7-4-14)17(26)5-8-24-11-19-10-20-24/h9-11,14,22H,3-8H2,1-2H3. The van der Waals surface area contributed by atoms with Crippen molar-refractivity contribution in [1.29, 1.82) is 0 Å². The number of nitrogens with zero attached hydrogens (tertiary/aromatic N) is 6. The van der Waals surface area contributed by atoms with Crippen molar-refractivity contribution in [3.8, 4) is 0 Å². The van der Waals surface area contributed by atoms with Crippen LogP contribution in [0, 0.1) is 13.8 Å². The molecule has 3 aromatic rings. The fourth-order valence-corrected chi connectivity index (χ4v) is 3.60. The number of aryl methyl sites for hydroxylation is 2. The van der Waals surface area contributed by atoms with Gasteiger partial charge in [-0.25, -0.2) is 14.5 Å². The second kappa shape index (κ2) is 6.98. The Balaban J connectivity index is 1.40. The van der Waals surface area contributed by atoms with Gasteiger partial charge >= 0.3 is 0 Å². The molecule has 4 heterocycles. The zero-order valence-electron chi connectivity index (χ0n) is 15.6. The van der Waals surface area contributed by atoms with E-state index in [9.17, 15) is 9.59 Å². The molecule has 0 unspecified atom stereocenters. The van der Waals surface area contributed by atoms with Crippen molar-refractivity contribution in [1.82, 2.24) is 34.3 Å². The first-order chi connectivity index (χ1) is 13.0. The van der Waals surface area contributed by atoms with Crippen LogP contribution in [0.3, 0.4) is 0 Å². The Bertz CT molecular complexity index is 1010. The second-order valence-electron chi connectivity index (χ2n) is 7.10. The molecule has 0 saturated carbocycles. The molecule has 27 heavy (non-hydrogen) atoms. The van der Waals surface area contributed by atoms with Crippen molar-refractivity contribution in [2.24, 2.45) is 0 Å². The lowest BCUT2D eigenvalue weighted by Crippen LogP contribution is -2.38. The van der Waals surface area contributed by atoms with E-state index >= 15 is 0 Å². The topological polar surface area (TPSA) is 101 Å². The summed E-state index contributed by atoms with van der Waals surface area (Å²) in [5, 5.41) is 7.23. The molecule has 3 aromatic heterocycles. The maximum atomic E-state index is 12.4. The van der Waals surface area contributed by atoms with Gasteiger partial charge in [-0.05, 0) is 26.7 Å². The van der Waals surface area contributed by atoms with Crippen LogP contribution in [0.15, 0.2) is 23.5 Å². The van der Waals surface area contributed by atoms with E-state index in [1.165, 1.54) is 10.8 Å². The number of rotatable bonds is 4. The number of carbonyl (C=O) groups is 1. The van der Waals surface area contributed by atoms with Crippen LogP contribution < -0.4 is 5.56 Å². The van der Waals surface area contributed by atoms with Gasteiger partial charge < -0.3 is 4.90 Å². The van der Waals surface area contributed by atoms with Crippen molar-refractivity contribution in [3.63, 3.8) is 0 Å². The first-order valence-electron chi connectivity index (χ1n) is 9.22. The summed E-state index contributed by atoms with van der Waals surface area (Å²) < 4.78 is 3.19. The third-order valence-electron chi connectivity index (χ3n) is 5.41. The maximum absolute atomic E-state index is 12.4. The number of carbonyl (C=O) groups excluding carboxylic acids is 1. The average molecular weight is 369 g/mol. The average Bonchev–Trinajstić information content (AvgIpc) is 3.34. The maximum Gasteiger partial charge on any atom is 0.275 e. The van der Waals surface area contributed by atoms with Gasteiger partial charge in [0.05, 0.1) is 6.54 Å². The first-order valence-corrected chi connectivity index (χ1v) is 9.22. The monoisotopic (exact) mass is 369 g/mol. The van der Waals surface area contributed by atoms with Crippen molar-refractivity contribution in [2.75, 3.05) is 13.1 Å². The molecule has 4 rings (SSSR count). The van der Waals surface area contributed by atoms with Crippen LogP contribution in [0.5, 0.6) is 0 Å². The van der Waals surface area contributed by atoms with E-state index in [1.807, 2.05) is 17.9 Å². The predicted molar refractivity (Wildman–Crippen MR) is 98.5 cm³/mol. The Hall–Kier alpha value is -2.97.